The van der Waals surface area contributed by atoms with Gasteiger partial charge in [0.2, 0.25) is 0 Å². The van der Waals surface area contributed by atoms with Gasteiger partial charge in [-0.3, -0.25) is 0 Å². The second kappa shape index (κ2) is 5.00. The number of carboxylic acid groups (broad SMARTS) is 1. The Kier molecular flexibility index (Phi) is 3.29. The molecule has 0 aliphatic rings. The van der Waals surface area contributed by atoms with E-state index in [1.807, 2.05) is 41.9 Å². The molecule has 0 aliphatic carbocycles. The first kappa shape index (κ1) is 13.8. The molecule has 2 heterocycles. The van der Waals surface area contributed by atoms with Crippen molar-refractivity contribution in [1.29, 1.82) is 0 Å². The minimum absolute atomic E-state index is 0.243. The maximum Gasteiger partial charge on any atom is 0.346 e. The zero-order valence-corrected chi connectivity index (χ0v) is 12.9. The summed E-state index contributed by atoms with van der Waals surface area (Å²) in [6.45, 7) is 6.02. The summed E-state index contributed by atoms with van der Waals surface area (Å²) in [7, 11) is 0. The highest BCUT2D eigenvalue weighted by Crippen LogP contribution is 2.37. The molecule has 0 saturated heterocycles. The number of hydrogen-bond acceptors (Lipinski definition) is 3. The molecule has 0 atom stereocenters. The first-order valence-corrected chi connectivity index (χ1v) is 7.63. The Labute approximate surface area is 126 Å². The lowest BCUT2D eigenvalue weighted by Crippen LogP contribution is -1.99. The molecule has 1 N–H and O–H groups in total. The van der Waals surface area contributed by atoms with Crippen LogP contribution in [0.1, 0.15) is 40.7 Å². The van der Waals surface area contributed by atoms with Crippen LogP contribution in [0.5, 0.6) is 0 Å². The smallest absolute Gasteiger partial charge is 0.346 e. The summed E-state index contributed by atoms with van der Waals surface area (Å²) < 4.78 is 1.86. The summed E-state index contributed by atoms with van der Waals surface area (Å²) in [6.07, 6.45) is 0. The van der Waals surface area contributed by atoms with E-state index in [1.165, 1.54) is 11.3 Å². The third-order valence-corrected chi connectivity index (χ3v) is 4.78. The molecular weight excluding hydrogens is 284 g/mol. The summed E-state index contributed by atoms with van der Waals surface area (Å²) in [5, 5.41) is 15.1. The lowest BCUT2D eigenvalue weighted by Gasteiger charge is -2.03. The molecule has 108 valence electrons. The number of nitrogens with zero attached hydrogens (tertiary/aromatic N) is 2. The minimum Gasteiger partial charge on any atom is -0.477 e. The Balaban J connectivity index is 2.36. The van der Waals surface area contributed by atoms with Crippen molar-refractivity contribution in [3.05, 3.63) is 46.5 Å². The molecule has 2 aromatic heterocycles. The van der Waals surface area contributed by atoms with Crippen LogP contribution in [0.4, 0.5) is 0 Å². The number of thiophene rings is 1. The zero-order chi connectivity index (χ0) is 15.1. The molecule has 5 heteroatoms. The van der Waals surface area contributed by atoms with Gasteiger partial charge in [0.25, 0.3) is 0 Å². The van der Waals surface area contributed by atoms with Gasteiger partial charge in [-0.25, -0.2) is 9.48 Å². The molecule has 0 spiro atoms. The lowest BCUT2D eigenvalue weighted by molar-refractivity contribution is 0.0701. The van der Waals surface area contributed by atoms with E-state index in [9.17, 15) is 9.90 Å². The van der Waals surface area contributed by atoms with Crippen LogP contribution in [-0.2, 0) is 0 Å². The molecule has 21 heavy (non-hydrogen) atoms. The molecule has 4 nitrogen and oxygen atoms in total. The SMILES string of the molecule is Cc1c(C(=O)O)sc2c1c(C(C)C)nn2-c1ccccc1. The topological polar surface area (TPSA) is 55.1 Å². The largest absolute Gasteiger partial charge is 0.477 e. The summed E-state index contributed by atoms with van der Waals surface area (Å²) in [5.41, 5.74) is 2.72. The number of aromatic nitrogens is 2. The number of aromatic carboxylic acids is 1. The highest BCUT2D eigenvalue weighted by atomic mass is 32.1. The predicted molar refractivity (Wildman–Crippen MR) is 84.7 cm³/mol. The van der Waals surface area contributed by atoms with Crippen LogP contribution in [0.15, 0.2) is 30.3 Å². The highest BCUT2D eigenvalue weighted by Gasteiger charge is 2.23. The molecule has 0 bridgehead atoms. The maximum atomic E-state index is 11.4. The summed E-state index contributed by atoms with van der Waals surface area (Å²) in [6, 6.07) is 9.82. The molecular formula is C16H16N2O2S. The van der Waals surface area contributed by atoms with E-state index in [0.717, 1.165) is 27.2 Å². The van der Waals surface area contributed by atoms with Crippen molar-refractivity contribution in [2.24, 2.45) is 0 Å². The minimum atomic E-state index is -0.872. The van der Waals surface area contributed by atoms with Crippen molar-refractivity contribution in [3.63, 3.8) is 0 Å². The number of rotatable bonds is 3. The van der Waals surface area contributed by atoms with Crippen molar-refractivity contribution >= 4 is 27.5 Å². The molecule has 3 aromatic rings. The van der Waals surface area contributed by atoms with Crippen molar-refractivity contribution < 1.29 is 9.90 Å². The fourth-order valence-corrected chi connectivity index (χ4v) is 3.63. The molecule has 0 fully saturated rings. The molecule has 0 amide bonds. The fraction of sp³-hybridized carbons (Fsp3) is 0.250. The second-order valence-electron chi connectivity index (χ2n) is 5.33. The highest BCUT2D eigenvalue weighted by molar-refractivity contribution is 7.20. The van der Waals surface area contributed by atoms with Crippen molar-refractivity contribution in [2.75, 3.05) is 0 Å². The van der Waals surface area contributed by atoms with Crippen molar-refractivity contribution in [3.8, 4) is 5.69 Å². The number of carbonyl (C=O) groups is 1. The van der Waals surface area contributed by atoms with Gasteiger partial charge in [-0.1, -0.05) is 32.0 Å². The summed E-state index contributed by atoms with van der Waals surface area (Å²) in [4.78, 5) is 12.7. The van der Waals surface area contributed by atoms with E-state index in [-0.39, 0.29) is 5.92 Å². The van der Waals surface area contributed by atoms with Crippen molar-refractivity contribution in [2.45, 2.75) is 26.7 Å². The molecule has 0 saturated carbocycles. The van der Waals surface area contributed by atoms with E-state index in [2.05, 4.69) is 13.8 Å². The van der Waals surface area contributed by atoms with Crippen LogP contribution in [0, 0.1) is 6.92 Å². The summed E-state index contributed by atoms with van der Waals surface area (Å²) >= 11 is 1.29. The van der Waals surface area contributed by atoms with Gasteiger partial charge in [-0.15, -0.1) is 11.3 Å². The van der Waals surface area contributed by atoms with Gasteiger partial charge in [-0.05, 0) is 30.5 Å². The average molecular weight is 300 g/mol. The van der Waals surface area contributed by atoms with Gasteiger partial charge in [0.15, 0.2) is 0 Å². The van der Waals surface area contributed by atoms with Crippen LogP contribution in [0.25, 0.3) is 15.9 Å². The third kappa shape index (κ3) is 2.14. The van der Waals surface area contributed by atoms with E-state index in [0.29, 0.717) is 4.88 Å². The Hall–Kier alpha value is -2.14. The van der Waals surface area contributed by atoms with Crippen LogP contribution >= 0.6 is 11.3 Å². The number of benzene rings is 1. The second-order valence-corrected chi connectivity index (χ2v) is 6.33. The predicted octanol–water partition coefficient (Wildman–Crippen LogP) is 4.22. The monoisotopic (exact) mass is 300 g/mol. The number of hydrogen-bond donors (Lipinski definition) is 1. The first-order valence-electron chi connectivity index (χ1n) is 6.81. The standard InChI is InChI=1S/C16H16N2O2S/c1-9(2)13-12-10(3)14(16(19)20)21-15(12)18(17-13)11-7-5-4-6-8-11/h4-9H,1-3H3,(H,19,20). The van der Waals surface area contributed by atoms with Gasteiger partial charge in [0.1, 0.15) is 9.71 Å². The van der Waals surface area contributed by atoms with E-state index < -0.39 is 5.97 Å². The molecule has 3 rings (SSSR count). The van der Waals surface area contributed by atoms with E-state index in [4.69, 9.17) is 5.10 Å². The van der Waals surface area contributed by atoms with Crippen LogP contribution in [-0.4, -0.2) is 20.9 Å². The van der Waals surface area contributed by atoms with E-state index >= 15 is 0 Å². The quantitative estimate of drug-likeness (QED) is 0.788. The van der Waals surface area contributed by atoms with Gasteiger partial charge < -0.3 is 5.11 Å². The van der Waals surface area contributed by atoms with Crippen LogP contribution < -0.4 is 0 Å². The number of aryl methyl sites for hydroxylation is 1. The Morgan fingerprint density at radius 1 is 1.29 bits per heavy atom. The van der Waals surface area contributed by atoms with Gasteiger partial charge in [0, 0.05) is 5.39 Å². The Bertz CT molecular complexity index is 816. The van der Waals surface area contributed by atoms with E-state index in [1.54, 1.807) is 0 Å². The van der Waals surface area contributed by atoms with Crippen molar-refractivity contribution in [1.82, 2.24) is 9.78 Å². The third-order valence-electron chi connectivity index (χ3n) is 3.53. The fourth-order valence-electron chi connectivity index (χ4n) is 2.50. The maximum absolute atomic E-state index is 11.4. The van der Waals surface area contributed by atoms with Gasteiger partial charge in [-0.2, -0.15) is 5.10 Å². The Morgan fingerprint density at radius 3 is 2.52 bits per heavy atom. The lowest BCUT2D eigenvalue weighted by atomic mass is 10.1. The number of para-hydroxylation sites is 1. The normalized spacial score (nSPS) is 11.4. The van der Waals surface area contributed by atoms with Crippen LogP contribution in [0.2, 0.25) is 0 Å². The molecule has 1 aromatic carbocycles. The van der Waals surface area contributed by atoms with Crippen LogP contribution in [0.3, 0.4) is 0 Å². The average Bonchev–Trinajstić information content (AvgIpc) is 2.98. The first-order chi connectivity index (χ1) is 10.0. The zero-order valence-electron chi connectivity index (χ0n) is 12.1. The molecule has 0 unspecified atom stereocenters. The molecule has 0 radical (unpaired) electrons. The summed E-state index contributed by atoms with van der Waals surface area (Å²) in [5.74, 6) is -0.629. The Morgan fingerprint density at radius 2 is 1.95 bits per heavy atom. The number of carboxylic acids is 1. The number of fused-ring (bicyclic) bond motifs is 1. The van der Waals surface area contributed by atoms with Gasteiger partial charge >= 0.3 is 5.97 Å². The van der Waals surface area contributed by atoms with Gasteiger partial charge in [0.05, 0.1) is 11.4 Å². The molecule has 0 aliphatic heterocycles.